The number of nitrogens with zero attached hydrogens (tertiary/aromatic N) is 1. The van der Waals surface area contributed by atoms with E-state index in [1.807, 2.05) is 19.1 Å². The Morgan fingerprint density at radius 1 is 1.24 bits per heavy atom. The van der Waals surface area contributed by atoms with E-state index < -0.39 is 0 Å². The number of oxazole rings is 1. The zero-order chi connectivity index (χ0) is 12.3. The van der Waals surface area contributed by atoms with Crippen LogP contribution in [0.3, 0.4) is 0 Å². The zero-order valence-electron chi connectivity index (χ0n) is 9.94. The maximum atomic E-state index is 5.58. The van der Waals surface area contributed by atoms with Gasteiger partial charge in [-0.2, -0.15) is 4.98 Å². The summed E-state index contributed by atoms with van der Waals surface area (Å²) in [6.07, 6.45) is 1.67. The van der Waals surface area contributed by atoms with Gasteiger partial charge in [0.2, 0.25) is 0 Å². The van der Waals surface area contributed by atoms with Gasteiger partial charge < -0.3 is 15.9 Å². The Morgan fingerprint density at radius 3 is 2.53 bits per heavy atom. The summed E-state index contributed by atoms with van der Waals surface area (Å²) in [6.45, 7) is 2.68. The van der Waals surface area contributed by atoms with Crippen molar-refractivity contribution >= 4 is 6.01 Å². The topological polar surface area (TPSA) is 78.1 Å². The van der Waals surface area contributed by atoms with Gasteiger partial charge in [0.15, 0.2) is 0 Å². The van der Waals surface area contributed by atoms with Crippen molar-refractivity contribution in [2.24, 2.45) is 5.73 Å². The maximum Gasteiger partial charge on any atom is 0.292 e. The van der Waals surface area contributed by atoms with Crippen molar-refractivity contribution in [2.75, 3.05) is 12.3 Å². The second-order valence-electron chi connectivity index (χ2n) is 3.91. The summed E-state index contributed by atoms with van der Waals surface area (Å²) >= 11 is 0. The van der Waals surface area contributed by atoms with Gasteiger partial charge in [0.1, 0.15) is 11.5 Å². The molecule has 4 heteroatoms. The average Bonchev–Trinajstić information content (AvgIpc) is 2.72. The lowest BCUT2D eigenvalue weighted by atomic mass is 10.1. The fraction of sp³-hybridized carbons (Fsp3) is 0.308. The summed E-state index contributed by atoms with van der Waals surface area (Å²) in [4.78, 5) is 4.21. The third kappa shape index (κ3) is 2.47. The summed E-state index contributed by atoms with van der Waals surface area (Å²) in [5, 5.41) is 0. The molecule has 0 atom stereocenters. The highest BCUT2D eigenvalue weighted by Gasteiger charge is 2.11. The van der Waals surface area contributed by atoms with Gasteiger partial charge in [-0.15, -0.1) is 0 Å². The second kappa shape index (κ2) is 5.01. The first-order chi connectivity index (χ1) is 8.24. The summed E-state index contributed by atoms with van der Waals surface area (Å²) in [5.41, 5.74) is 14.2. The first-order valence-corrected chi connectivity index (χ1v) is 5.79. The molecule has 90 valence electrons. The van der Waals surface area contributed by atoms with Gasteiger partial charge in [0.25, 0.3) is 6.01 Å². The van der Waals surface area contributed by atoms with Crippen LogP contribution in [-0.2, 0) is 12.8 Å². The Balaban J connectivity index is 2.32. The molecule has 0 aliphatic heterocycles. The largest absolute Gasteiger partial charge is 0.428 e. The highest BCUT2D eigenvalue weighted by atomic mass is 16.4. The van der Waals surface area contributed by atoms with Crippen molar-refractivity contribution in [1.82, 2.24) is 4.98 Å². The number of rotatable bonds is 4. The Bertz CT molecular complexity index is 488. The van der Waals surface area contributed by atoms with Gasteiger partial charge in [-0.3, -0.25) is 0 Å². The van der Waals surface area contributed by atoms with Gasteiger partial charge in [-0.05, 0) is 18.5 Å². The molecule has 4 N–H and O–H groups in total. The lowest BCUT2D eigenvalue weighted by Gasteiger charge is -2.01. The number of nitrogens with two attached hydrogens (primary N) is 2. The molecule has 1 heterocycles. The van der Waals surface area contributed by atoms with E-state index >= 15 is 0 Å². The fourth-order valence-electron chi connectivity index (χ4n) is 1.83. The normalized spacial score (nSPS) is 10.7. The summed E-state index contributed by atoms with van der Waals surface area (Å²) in [5.74, 6) is 0.828. The van der Waals surface area contributed by atoms with Crippen molar-refractivity contribution < 1.29 is 4.42 Å². The minimum Gasteiger partial charge on any atom is -0.428 e. The van der Waals surface area contributed by atoms with E-state index in [1.165, 1.54) is 5.56 Å². The molecule has 0 spiro atoms. The van der Waals surface area contributed by atoms with E-state index in [1.54, 1.807) is 0 Å². The first-order valence-electron chi connectivity index (χ1n) is 5.79. The fourth-order valence-corrected chi connectivity index (χ4v) is 1.83. The standard InChI is InChI=1S/C13H17N3O/c1-2-11-12(16-13(15)17-11)10-5-3-9(4-6-10)7-8-14/h3-6H,2,7-8,14H2,1H3,(H2,15,16). The van der Waals surface area contributed by atoms with Crippen LogP contribution in [0, 0.1) is 0 Å². The maximum absolute atomic E-state index is 5.58. The van der Waals surface area contributed by atoms with Crippen LogP contribution in [0.25, 0.3) is 11.3 Å². The quantitative estimate of drug-likeness (QED) is 0.843. The van der Waals surface area contributed by atoms with E-state index in [9.17, 15) is 0 Å². The van der Waals surface area contributed by atoms with Gasteiger partial charge in [-0.1, -0.05) is 31.2 Å². The van der Waals surface area contributed by atoms with Gasteiger partial charge in [-0.25, -0.2) is 0 Å². The highest BCUT2D eigenvalue weighted by Crippen LogP contribution is 2.25. The Kier molecular flexibility index (Phi) is 3.44. The van der Waals surface area contributed by atoms with E-state index in [0.29, 0.717) is 6.54 Å². The summed E-state index contributed by atoms with van der Waals surface area (Å²) in [6, 6.07) is 8.41. The number of nitrogen functional groups attached to an aromatic ring is 1. The van der Waals surface area contributed by atoms with Crippen LogP contribution >= 0.6 is 0 Å². The van der Waals surface area contributed by atoms with Crippen molar-refractivity contribution in [3.05, 3.63) is 35.6 Å². The lowest BCUT2D eigenvalue weighted by molar-refractivity contribution is 0.530. The van der Waals surface area contributed by atoms with Crippen LogP contribution < -0.4 is 11.5 Å². The Morgan fingerprint density at radius 2 is 1.94 bits per heavy atom. The summed E-state index contributed by atoms with van der Waals surface area (Å²) < 4.78 is 5.34. The number of hydrogen-bond acceptors (Lipinski definition) is 4. The van der Waals surface area contributed by atoms with Crippen molar-refractivity contribution in [3.63, 3.8) is 0 Å². The van der Waals surface area contributed by atoms with E-state index in [4.69, 9.17) is 15.9 Å². The Hall–Kier alpha value is -1.81. The van der Waals surface area contributed by atoms with E-state index in [-0.39, 0.29) is 6.01 Å². The van der Waals surface area contributed by atoms with Gasteiger partial charge in [0.05, 0.1) is 0 Å². The Labute approximate surface area is 101 Å². The predicted molar refractivity (Wildman–Crippen MR) is 68.5 cm³/mol. The third-order valence-corrected chi connectivity index (χ3v) is 2.70. The monoisotopic (exact) mass is 231 g/mol. The molecular weight excluding hydrogens is 214 g/mol. The van der Waals surface area contributed by atoms with Crippen molar-refractivity contribution in [2.45, 2.75) is 19.8 Å². The zero-order valence-corrected chi connectivity index (χ0v) is 9.94. The number of aromatic nitrogens is 1. The molecule has 0 aliphatic carbocycles. The molecule has 0 saturated heterocycles. The minimum absolute atomic E-state index is 0.225. The lowest BCUT2D eigenvalue weighted by Crippen LogP contribution is -2.02. The van der Waals surface area contributed by atoms with Crippen molar-refractivity contribution in [1.29, 1.82) is 0 Å². The number of benzene rings is 1. The highest BCUT2D eigenvalue weighted by molar-refractivity contribution is 5.62. The van der Waals surface area contributed by atoms with Crippen molar-refractivity contribution in [3.8, 4) is 11.3 Å². The van der Waals surface area contributed by atoms with E-state index in [0.717, 1.165) is 29.9 Å². The minimum atomic E-state index is 0.225. The van der Waals surface area contributed by atoms with Crippen LogP contribution in [0.1, 0.15) is 18.2 Å². The molecule has 0 saturated carbocycles. The van der Waals surface area contributed by atoms with Crippen LogP contribution in [0.2, 0.25) is 0 Å². The van der Waals surface area contributed by atoms with Gasteiger partial charge in [0, 0.05) is 12.0 Å². The molecule has 0 fully saturated rings. The van der Waals surface area contributed by atoms with Crippen LogP contribution in [0.15, 0.2) is 28.7 Å². The molecule has 2 aromatic rings. The molecule has 1 aromatic carbocycles. The number of anilines is 1. The molecule has 0 bridgehead atoms. The third-order valence-electron chi connectivity index (χ3n) is 2.70. The SMILES string of the molecule is CCc1oc(N)nc1-c1ccc(CCN)cc1. The molecular formula is C13H17N3O. The number of hydrogen-bond donors (Lipinski definition) is 2. The van der Waals surface area contributed by atoms with E-state index in [2.05, 4.69) is 17.1 Å². The molecule has 0 radical (unpaired) electrons. The molecule has 2 rings (SSSR count). The van der Waals surface area contributed by atoms with Crippen LogP contribution in [0.4, 0.5) is 6.01 Å². The molecule has 0 unspecified atom stereocenters. The average molecular weight is 231 g/mol. The van der Waals surface area contributed by atoms with Gasteiger partial charge >= 0.3 is 0 Å². The molecule has 4 nitrogen and oxygen atoms in total. The predicted octanol–water partition coefficient (Wildman–Crippen LogP) is 1.99. The molecule has 0 amide bonds. The summed E-state index contributed by atoms with van der Waals surface area (Å²) in [7, 11) is 0. The van der Waals surface area contributed by atoms with Crippen LogP contribution in [-0.4, -0.2) is 11.5 Å². The molecule has 17 heavy (non-hydrogen) atoms. The first kappa shape index (κ1) is 11.7. The smallest absolute Gasteiger partial charge is 0.292 e. The molecule has 1 aromatic heterocycles. The number of aryl methyl sites for hydroxylation is 1. The second-order valence-corrected chi connectivity index (χ2v) is 3.91. The molecule has 0 aliphatic rings. The van der Waals surface area contributed by atoms with Crippen LogP contribution in [0.5, 0.6) is 0 Å².